The van der Waals surface area contributed by atoms with Crippen molar-refractivity contribution in [2.45, 2.75) is 38.8 Å². The van der Waals surface area contributed by atoms with Crippen LogP contribution in [0.15, 0.2) is 24.7 Å². The third-order valence-corrected chi connectivity index (χ3v) is 3.65. The number of rotatable bonds is 4. The molecule has 1 N–H and O–H groups in total. The second kappa shape index (κ2) is 7.23. The van der Waals surface area contributed by atoms with E-state index in [0.717, 1.165) is 31.4 Å². The Balaban J connectivity index is 1.57. The predicted octanol–water partition coefficient (Wildman–Crippen LogP) is 1.75. The van der Waals surface area contributed by atoms with Crippen LogP contribution < -0.4 is 5.32 Å². The highest BCUT2D eigenvalue weighted by molar-refractivity contribution is 5.92. The van der Waals surface area contributed by atoms with E-state index in [9.17, 15) is 4.79 Å². The number of hydrogen-bond donors (Lipinski definition) is 1. The molecule has 0 unspecified atom stereocenters. The monoisotopic (exact) mass is 313 g/mol. The average molecular weight is 313 g/mol. The molecule has 1 atom stereocenters. The molecule has 1 saturated heterocycles. The zero-order chi connectivity index (χ0) is 16.1. The molecule has 1 fully saturated rings. The average Bonchev–Trinajstić information content (AvgIpc) is 2.61. The molecule has 23 heavy (non-hydrogen) atoms. The van der Waals surface area contributed by atoms with Gasteiger partial charge in [-0.2, -0.15) is 0 Å². The molecule has 7 heteroatoms. The van der Waals surface area contributed by atoms with Crippen molar-refractivity contribution in [2.24, 2.45) is 0 Å². The van der Waals surface area contributed by atoms with E-state index in [2.05, 4.69) is 25.3 Å². The van der Waals surface area contributed by atoms with Crippen molar-refractivity contribution in [1.29, 1.82) is 0 Å². The summed E-state index contributed by atoms with van der Waals surface area (Å²) >= 11 is 0. The van der Waals surface area contributed by atoms with Gasteiger partial charge < -0.3 is 10.1 Å². The molecular formula is C16H19N5O2. The summed E-state index contributed by atoms with van der Waals surface area (Å²) in [5.74, 6) is 1.04. The quantitative estimate of drug-likeness (QED) is 0.925. The molecule has 0 bridgehead atoms. The third kappa shape index (κ3) is 4.07. The minimum absolute atomic E-state index is 0.00335. The van der Waals surface area contributed by atoms with E-state index >= 15 is 0 Å². The van der Waals surface area contributed by atoms with E-state index in [4.69, 9.17) is 4.74 Å². The van der Waals surface area contributed by atoms with Crippen molar-refractivity contribution in [3.05, 3.63) is 47.6 Å². The van der Waals surface area contributed by atoms with Gasteiger partial charge in [0.15, 0.2) is 5.82 Å². The Bertz CT molecular complexity index is 668. The minimum Gasteiger partial charge on any atom is -0.370 e. The molecular weight excluding hydrogens is 294 g/mol. The van der Waals surface area contributed by atoms with Gasteiger partial charge in [-0.15, -0.1) is 0 Å². The fraction of sp³-hybridized carbons (Fsp3) is 0.438. The minimum atomic E-state index is -0.241. The summed E-state index contributed by atoms with van der Waals surface area (Å²) in [6.07, 6.45) is 8.23. The number of ether oxygens (including phenoxy) is 1. The SMILES string of the molecule is Cc1nccc(C(=O)NCc2cnc([C@H]3CCCCO3)nc2)n1. The molecule has 0 spiro atoms. The van der Waals surface area contributed by atoms with Gasteiger partial charge in [0.05, 0.1) is 0 Å². The molecule has 1 aliphatic heterocycles. The molecule has 1 amide bonds. The lowest BCUT2D eigenvalue weighted by Gasteiger charge is -2.21. The Morgan fingerprint density at radius 3 is 2.83 bits per heavy atom. The van der Waals surface area contributed by atoms with E-state index in [1.807, 2.05) is 0 Å². The molecule has 2 aromatic rings. The number of carbonyl (C=O) groups excluding carboxylic acids is 1. The fourth-order valence-electron chi connectivity index (χ4n) is 2.42. The van der Waals surface area contributed by atoms with Gasteiger partial charge in [-0.25, -0.2) is 19.9 Å². The van der Waals surface area contributed by atoms with E-state index in [0.29, 0.717) is 23.9 Å². The summed E-state index contributed by atoms with van der Waals surface area (Å²) in [6, 6.07) is 1.59. The van der Waals surface area contributed by atoms with Gasteiger partial charge >= 0.3 is 0 Å². The normalized spacial score (nSPS) is 17.7. The van der Waals surface area contributed by atoms with E-state index < -0.39 is 0 Å². The topological polar surface area (TPSA) is 89.9 Å². The largest absolute Gasteiger partial charge is 0.370 e. The lowest BCUT2D eigenvalue weighted by molar-refractivity contribution is 0.00940. The molecule has 0 radical (unpaired) electrons. The summed E-state index contributed by atoms with van der Waals surface area (Å²) in [5.41, 5.74) is 1.19. The van der Waals surface area contributed by atoms with Crippen LogP contribution in [0.25, 0.3) is 0 Å². The van der Waals surface area contributed by atoms with E-state index in [1.165, 1.54) is 0 Å². The first-order chi connectivity index (χ1) is 11.2. The van der Waals surface area contributed by atoms with Gasteiger partial charge in [-0.1, -0.05) is 0 Å². The Morgan fingerprint density at radius 1 is 1.30 bits per heavy atom. The van der Waals surface area contributed by atoms with Gasteiger partial charge in [-0.3, -0.25) is 4.79 Å². The Labute approximate surface area is 134 Å². The number of hydrogen-bond acceptors (Lipinski definition) is 6. The van der Waals surface area contributed by atoms with Crippen LogP contribution in [0.5, 0.6) is 0 Å². The van der Waals surface area contributed by atoms with Crippen LogP contribution >= 0.6 is 0 Å². The van der Waals surface area contributed by atoms with Crippen molar-refractivity contribution in [3.63, 3.8) is 0 Å². The van der Waals surface area contributed by atoms with Crippen LogP contribution in [-0.2, 0) is 11.3 Å². The highest BCUT2D eigenvalue weighted by atomic mass is 16.5. The molecule has 3 rings (SSSR count). The van der Waals surface area contributed by atoms with Gasteiger partial charge in [-0.05, 0) is 32.3 Å². The van der Waals surface area contributed by atoms with Gasteiger partial charge in [0.2, 0.25) is 0 Å². The van der Waals surface area contributed by atoms with Gasteiger partial charge in [0.1, 0.15) is 17.6 Å². The second-order valence-corrected chi connectivity index (χ2v) is 5.48. The van der Waals surface area contributed by atoms with Crippen LogP contribution in [-0.4, -0.2) is 32.4 Å². The van der Waals surface area contributed by atoms with Crippen LogP contribution in [0.1, 0.15) is 53.1 Å². The first-order valence-corrected chi connectivity index (χ1v) is 7.72. The maximum Gasteiger partial charge on any atom is 0.270 e. The summed E-state index contributed by atoms with van der Waals surface area (Å²) in [4.78, 5) is 28.8. The number of amides is 1. The Kier molecular flexibility index (Phi) is 4.87. The van der Waals surface area contributed by atoms with Crippen LogP contribution in [0.3, 0.4) is 0 Å². The number of aromatic nitrogens is 4. The van der Waals surface area contributed by atoms with Crippen molar-refractivity contribution >= 4 is 5.91 Å². The molecule has 0 aliphatic carbocycles. The molecule has 3 heterocycles. The van der Waals surface area contributed by atoms with Crippen molar-refractivity contribution < 1.29 is 9.53 Å². The van der Waals surface area contributed by atoms with Crippen LogP contribution in [0.2, 0.25) is 0 Å². The lowest BCUT2D eigenvalue weighted by Crippen LogP contribution is -2.24. The maximum atomic E-state index is 12.0. The summed E-state index contributed by atoms with van der Waals surface area (Å²) < 4.78 is 5.66. The standard InChI is InChI=1S/C16H19N5O2/c1-11-17-6-5-13(21-11)16(22)20-10-12-8-18-15(19-9-12)14-4-2-3-7-23-14/h5-6,8-9,14H,2-4,7,10H2,1H3,(H,20,22)/t14-/m1/s1. The fourth-order valence-corrected chi connectivity index (χ4v) is 2.42. The van der Waals surface area contributed by atoms with E-state index in [-0.39, 0.29) is 12.0 Å². The van der Waals surface area contributed by atoms with Crippen molar-refractivity contribution in [3.8, 4) is 0 Å². The maximum absolute atomic E-state index is 12.0. The number of aryl methyl sites for hydroxylation is 1. The van der Waals surface area contributed by atoms with Gasteiger partial charge in [0.25, 0.3) is 5.91 Å². The smallest absolute Gasteiger partial charge is 0.270 e. The zero-order valence-corrected chi connectivity index (χ0v) is 13.0. The third-order valence-electron chi connectivity index (χ3n) is 3.65. The first kappa shape index (κ1) is 15.5. The first-order valence-electron chi connectivity index (χ1n) is 7.72. The Morgan fingerprint density at radius 2 is 2.13 bits per heavy atom. The molecule has 1 aliphatic rings. The van der Waals surface area contributed by atoms with Crippen LogP contribution in [0.4, 0.5) is 0 Å². The number of nitrogens with one attached hydrogen (secondary N) is 1. The second-order valence-electron chi connectivity index (χ2n) is 5.48. The van der Waals surface area contributed by atoms with Gasteiger partial charge in [0, 0.05) is 37.3 Å². The lowest BCUT2D eigenvalue weighted by atomic mass is 10.1. The van der Waals surface area contributed by atoms with Crippen LogP contribution in [0, 0.1) is 6.92 Å². The Hall–Kier alpha value is -2.41. The number of nitrogens with zero attached hydrogens (tertiary/aromatic N) is 4. The zero-order valence-electron chi connectivity index (χ0n) is 13.0. The highest BCUT2D eigenvalue weighted by Crippen LogP contribution is 2.24. The highest BCUT2D eigenvalue weighted by Gasteiger charge is 2.18. The van der Waals surface area contributed by atoms with Crippen molar-refractivity contribution in [1.82, 2.24) is 25.3 Å². The molecule has 0 saturated carbocycles. The molecule has 2 aromatic heterocycles. The summed E-state index contributed by atoms with van der Waals surface area (Å²) in [5, 5.41) is 2.80. The number of carbonyl (C=O) groups is 1. The molecule has 120 valence electrons. The van der Waals surface area contributed by atoms with Crippen molar-refractivity contribution in [2.75, 3.05) is 6.61 Å². The molecule has 7 nitrogen and oxygen atoms in total. The molecule has 0 aromatic carbocycles. The summed E-state index contributed by atoms with van der Waals surface area (Å²) in [7, 11) is 0. The van der Waals surface area contributed by atoms with E-state index in [1.54, 1.807) is 31.6 Å². The predicted molar refractivity (Wildman–Crippen MR) is 82.5 cm³/mol. The summed E-state index contributed by atoms with van der Waals surface area (Å²) in [6.45, 7) is 2.87.